The van der Waals surface area contributed by atoms with Gasteiger partial charge in [0, 0.05) is 13.0 Å². The number of carbonyl (C=O) groups excluding carboxylic acids is 6. The molecule has 0 aliphatic carbocycles. The Labute approximate surface area is 190 Å². The monoisotopic (exact) mass is 458 g/mol. The lowest BCUT2D eigenvalue weighted by Gasteiger charge is -2.35. The third-order valence-corrected chi connectivity index (χ3v) is 5.54. The van der Waals surface area contributed by atoms with Crippen LogP contribution in [0.25, 0.3) is 0 Å². The molecule has 2 heterocycles. The van der Waals surface area contributed by atoms with Crippen LogP contribution in [0, 0.1) is 0 Å². The fraction of sp³-hybridized carbons (Fsp3) is 0.455. The van der Waals surface area contributed by atoms with Crippen LogP contribution in [0.5, 0.6) is 0 Å². The number of carbonyl (C=O) groups is 6. The number of nitrogens with zero attached hydrogens (tertiary/aromatic N) is 3. The fourth-order valence-electron chi connectivity index (χ4n) is 3.96. The molecule has 11 heteroatoms. The van der Waals surface area contributed by atoms with Crippen LogP contribution in [0.3, 0.4) is 0 Å². The van der Waals surface area contributed by atoms with E-state index in [0.29, 0.717) is 0 Å². The largest absolute Gasteiger partial charge is 0.467 e. The normalized spacial score (nSPS) is 19.1. The molecule has 3 rings (SSSR count). The third kappa shape index (κ3) is 4.92. The Morgan fingerprint density at radius 1 is 1.12 bits per heavy atom. The molecule has 1 N–H and O–H groups in total. The maximum atomic E-state index is 13.1. The highest BCUT2D eigenvalue weighted by molar-refractivity contribution is 6.23. The van der Waals surface area contributed by atoms with Crippen LogP contribution in [-0.2, 0) is 23.9 Å². The van der Waals surface area contributed by atoms with Gasteiger partial charge in [0.15, 0.2) is 0 Å². The Balaban J connectivity index is 1.73. The van der Waals surface area contributed by atoms with E-state index >= 15 is 0 Å². The van der Waals surface area contributed by atoms with Crippen molar-refractivity contribution in [3.8, 4) is 0 Å². The summed E-state index contributed by atoms with van der Waals surface area (Å²) in [5.74, 6) is -3.45. The molecule has 2 atom stereocenters. The van der Waals surface area contributed by atoms with Gasteiger partial charge in [0.1, 0.15) is 12.1 Å². The number of ether oxygens (including phenoxy) is 1. The highest BCUT2D eigenvalue weighted by Crippen LogP contribution is 2.29. The second-order valence-corrected chi connectivity index (χ2v) is 8.13. The molecule has 33 heavy (non-hydrogen) atoms. The zero-order valence-electron chi connectivity index (χ0n) is 18.7. The Morgan fingerprint density at radius 3 is 2.27 bits per heavy atom. The van der Waals surface area contributed by atoms with Crippen molar-refractivity contribution in [1.82, 2.24) is 20.0 Å². The number of amides is 5. The van der Waals surface area contributed by atoms with Gasteiger partial charge < -0.3 is 15.0 Å². The van der Waals surface area contributed by atoms with Gasteiger partial charge in [-0.3, -0.25) is 33.8 Å². The SMILES string of the molecule is COC(=O)C(CCN1C(=O)CC[C@H](N2C(=O)c3ccccc3C2=O)C1=O)NC(=O)CN(C)C. The van der Waals surface area contributed by atoms with E-state index < -0.39 is 47.6 Å². The van der Waals surface area contributed by atoms with Gasteiger partial charge in [-0.1, -0.05) is 12.1 Å². The number of piperidine rings is 1. The number of fused-ring (bicyclic) bond motifs is 1. The summed E-state index contributed by atoms with van der Waals surface area (Å²) in [5.41, 5.74) is 0.432. The second-order valence-electron chi connectivity index (χ2n) is 8.13. The van der Waals surface area contributed by atoms with Gasteiger partial charge in [0.05, 0.1) is 24.8 Å². The third-order valence-electron chi connectivity index (χ3n) is 5.54. The molecule has 0 radical (unpaired) electrons. The Bertz CT molecular complexity index is 971. The number of nitrogens with one attached hydrogen (secondary N) is 1. The molecule has 1 aromatic rings. The number of likely N-dealkylation sites (N-methyl/N-ethyl adjacent to an activating group) is 1. The lowest BCUT2D eigenvalue weighted by molar-refractivity contribution is -0.153. The molecule has 1 saturated heterocycles. The number of hydrogen-bond acceptors (Lipinski definition) is 8. The number of imide groups is 2. The molecular weight excluding hydrogens is 432 g/mol. The molecule has 5 amide bonds. The zero-order chi connectivity index (χ0) is 24.3. The minimum Gasteiger partial charge on any atom is -0.467 e. The van der Waals surface area contributed by atoms with E-state index in [1.807, 2.05) is 0 Å². The van der Waals surface area contributed by atoms with Crippen molar-refractivity contribution >= 4 is 35.5 Å². The molecule has 2 aliphatic heterocycles. The van der Waals surface area contributed by atoms with Crippen LogP contribution in [-0.4, -0.2) is 96.6 Å². The van der Waals surface area contributed by atoms with Crippen LogP contribution in [0.4, 0.5) is 0 Å². The number of hydrogen-bond donors (Lipinski definition) is 1. The molecule has 1 unspecified atom stereocenters. The Morgan fingerprint density at radius 2 is 1.73 bits per heavy atom. The summed E-state index contributed by atoms with van der Waals surface area (Å²) < 4.78 is 4.72. The first-order chi connectivity index (χ1) is 15.6. The Kier molecular flexibility index (Phi) is 7.22. The number of methoxy groups -OCH3 is 1. The first kappa shape index (κ1) is 24.1. The van der Waals surface area contributed by atoms with Gasteiger partial charge in [0.2, 0.25) is 11.8 Å². The first-order valence-electron chi connectivity index (χ1n) is 10.5. The summed E-state index contributed by atoms with van der Waals surface area (Å²) in [5, 5.41) is 2.54. The van der Waals surface area contributed by atoms with E-state index in [1.54, 1.807) is 31.1 Å². The molecule has 0 saturated carbocycles. The summed E-state index contributed by atoms with van der Waals surface area (Å²) in [7, 11) is 4.55. The minimum absolute atomic E-state index is 0.0274. The topological polar surface area (TPSA) is 133 Å². The molecule has 0 bridgehead atoms. The quantitative estimate of drug-likeness (QED) is 0.404. The van der Waals surface area contributed by atoms with Crippen LogP contribution < -0.4 is 5.32 Å². The van der Waals surface area contributed by atoms with Crippen molar-refractivity contribution < 1.29 is 33.5 Å². The average molecular weight is 458 g/mol. The van der Waals surface area contributed by atoms with E-state index in [-0.39, 0.29) is 43.5 Å². The zero-order valence-corrected chi connectivity index (χ0v) is 18.7. The predicted molar refractivity (Wildman–Crippen MR) is 114 cm³/mol. The Hall–Kier alpha value is -3.60. The summed E-state index contributed by atoms with van der Waals surface area (Å²) in [6.07, 6.45) is -0.0858. The number of esters is 1. The predicted octanol–water partition coefficient (Wildman–Crippen LogP) is -0.590. The molecule has 0 spiro atoms. The van der Waals surface area contributed by atoms with Gasteiger partial charge in [-0.2, -0.15) is 0 Å². The van der Waals surface area contributed by atoms with Gasteiger partial charge in [-0.05, 0) is 39.1 Å². The van der Waals surface area contributed by atoms with Crippen molar-refractivity contribution in [2.24, 2.45) is 0 Å². The molecule has 1 fully saturated rings. The lowest BCUT2D eigenvalue weighted by atomic mass is 10.0. The van der Waals surface area contributed by atoms with E-state index in [0.717, 1.165) is 9.80 Å². The second kappa shape index (κ2) is 9.90. The maximum Gasteiger partial charge on any atom is 0.328 e. The van der Waals surface area contributed by atoms with Crippen molar-refractivity contribution in [2.75, 3.05) is 34.3 Å². The van der Waals surface area contributed by atoms with Gasteiger partial charge in [-0.15, -0.1) is 0 Å². The van der Waals surface area contributed by atoms with Gasteiger partial charge >= 0.3 is 5.97 Å². The molecule has 11 nitrogen and oxygen atoms in total. The summed E-state index contributed by atoms with van der Waals surface area (Å²) in [6.45, 7) is -0.143. The van der Waals surface area contributed by atoms with Crippen LogP contribution in [0.2, 0.25) is 0 Å². The van der Waals surface area contributed by atoms with Crippen LogP contribution in [0.1, 0.15) is 40.0 Å². The highest BCUT2D eigenvalue weighted by Gasteiger charge is 2.46. The number of likely N-dealkylation sites (tertiary alicyclic amines) is 1. The van der Waals surface area contributed by atoms with E-state index in [4.69, 9.17) is 4.74 Å². The first-order valence-corrected chi connectivity index (χ1v) is 10.5. The van der Waals surface area contributed by atoms with Crippen molar-refractivity contribution in [3.05, 3.63) is 35.4 Å². The number of benzene rings is 1. The van der Waals surface area contributed by atoms with Gasteiger partial charge in [-0.25, -0.2) is 4.79 Å². The molecule has 0 aromatic heterocycles. The number of rotatable bonds is 8. The summed E-state index contributed by atoms with van der Waals surface area (Å²) >= 11 is 0. The molecule has 2 aliphatic rings. The van der Waals surface area contributed by atoms with E-state index in [1.165, 1.54) is 19.2 Å². The minimum atomic E-state index is -1.12. The summed E-state index contributed by atoms with van der Waals surface area (Å²) in [6, 6.07) is 4.11. The van der Waals surface area contributed by atoms with Gasteiger partial charge in [0.25, 0.3) is 17.7 Å². The average Bonchev–Trinajstić information content (AvgIpc) is 3.02. The molecular formula is C22H26N4O7. The fourth-order valence-corrected chi connectivity index (χ4v) is 3.96. The summed E-state index contributed by atoms with van der Waals surface area (Å²) in [4.78, 5) is 78.8. The lowest BCUT2D eigenvalue weighted by Crippen LogP contribution is -2.57. The van der Waals surface area contributed by atoms with E-state index in [9.17, 15) is 28.8 Å². The van der Waals surface area contributed by atoms with Crippen molar-refractivity contribution in [3.63, 3.8) is 0 Å². The van der Waals surface area contributed by atoms with Crippen molar-refractivity contribution in [1.29, 1.82) is 0 Å². The van der Waals surface area contributed by atoms with Crippen LogP contribution >= 0.6 is 0 Å². The highest BCUT2D eigenvalue weighted by atomic mass is 16.5. The smallest absolute Gasteiger partial charge is 0.328 e. The maximum absolute atomic E-state index is 13.1. The molecule has 176 valence electrons. The molecule has 1 aromatic carbocycles. The van der Waals surface area contributed by atoms with Crippen molar-refractivity contribution in [2.45, 2.75) is 31.3 Å². The van der Waals surface area contributed by atoms with E-state index in [2.05, 4.69) is 5.32 Å². The standard InChI is InChI=1S/C22H26N4O7/c1-24(2)12-17(27)23-15(22(32)33-3)10-11-25-18(28)9-8-16(21(25)31)26-19(29)13-6-4-5-7-14(13)20(26)30/h4-7,15-16H,8-12H2,1-3H3,(H,23,27)/t15?,16-/m0/s1. The van der Waals surface area contributed by atoms with Crippen LogP contribution in [0.15, 0.2) is 24.3 Å².